The highest BCUT2D eigenvalue weighted by Gasteiger charge is 2.36. The van der Waals surface area contributed by atoms with Gasteiger partial charge in [-0.1, -0.05) is 30.3 Å². The smallest absolute Gasteiger partial charge is 0.305 e. The van der Waals surface area contributed by atoms with Crippen molar-refractivity contribution in [1.29, 1.82) is 0 Å². The normalized spacial score (nSPS) is 18.7. The Morgan fingerprint density at radius 1 is 0.656 bits per heavy atom. The molecule has 8 rings (SSSR count). The molecular formula is C47H60N8O4S2. The Hall–Kier alpha value is -4.44. The second-order valence-electron chi connectivity index (χ2n) is 18.0. The van der Waals surface area contributed by atoms with Crippen LogP contribution in [0.3, 0.4) is 0 Å². The highest BCUT2D eigenvalue weighted by atomic mass is 32.2. The number of urea groups is 2. The highest BCUT2D eigenvalue weighted by molar-refractivity contribution is 7.92. The second kappa shape index (κ2) is 16.7. The van der Waals surface area contributed by atoms with Crippen molar-refractivity contribution in [2.45, 2.75) is 119 Å². The van der Waals surface area contributed by atoms with E-state index in [1.54, 1.807) is 24.3 Å². The lowest BCUT2D eigenvalue weighted by atomic mass is 9.79. The van der Waals surface area contributed by atoms with E-state index in [0.29, 0.717) is 16.2 Å². The van der Waals surface area contributed by atoms with Crippen molar-refractivity contribution in [3.63, 3.8) is 0 Å². The third-order valence-electron chi connectivity index (χ3n) is 13.9. The predicted octanol–water partition coefficient (Wildman–Crippen LogP) is 8.15. The number of benzene rings is 4. The molecule has 0 bridgehead atoms. The number of nitrogens with one attached hydrogen (secondary N) is 2. The number of likely N-dealkylation sites (N-methyl/N-ethyl adjacent to an activating group) is 1. The quantitative estimate of drug-likeness (QED) is 0.125. The van der Waals surface area contributed by atoms with Gasteiger partial charge >= 0.3 is 12.1 Å². The average molecular weight is 865 g/mol. The predicted molar refractivity (Wildman–Crippen MR) is 245 cm³/mol. The van der Waals surface area contributed by atoms with E-state index in [9.17, 15) is 18.0 Å². The molecule has 14 heteroatoms. The Labute approximate surface area is 361 Å². The van der Waals surface area contributed by atoms with Crippen molar-refractivity contribution >= 4 is 43.3 Å². The van der Waals surface area contributed by atoms with Crippen molar-refractivity contribution < 1.29 is 18.0 Å². The fraction of sp³-hybridized carbons (Fsp3) is 0.447. The first kappa shape index (κ1) is 43.2. The first-order chi connectivity index (χ1) is 29.0. The molecule has 0 saturated heterocycles. The zero-order valence-electron chi connectivity index (χ0n) is 36.4. The number of anilines is 2. The number of nitrogens with zero attached hydrogens (tertiary/aromatic N) is 4. The maximum absolute atomic E-state index is 13.9. The largest absolute Gasteiger partial charge is 0.354 e. The van der Waals surface area contributed by atoms with Crippen LogP contribution < -0.4 is 20.9 Å². The Balaban J connectivity index is 1.04. The average Bonchev–Trinajstić information content (AvgIpc) is 4.06. The number of carbonyl (C=O) groups excluding carboxylic acids is 2. The van der Waals surface area contributed by atoms with E-state index in [-0.39, 0.29) is 6.04 Å². The Kier molecular flexibility index (Phi) is 11.8. The number of amides is 4. The highest BCUT2D eigenvalue weighted by Crippen LogP contribution is 2.45. The van der Waals surface area contributed by atoms with Gasteiger partial charge in [0.2, 0.25) is 0 Å². The fourth-order valence-corrected chi connectivity index (χ4v) is 12.0. The van der Waals surface area contributed by atoms with Crippen molar-refractivity contribution in [2.24, 2.45) is 19.0 Å². The van der Waals surface area contributed by atoms with Crippen molar-refractivity contribution in [3.8, 4) is 0 Å². The molecule has 4 unspecified atom stereocenters. The van der Waals surface area contributed by atoms with Crippen LogP contribution in [0.15, 0.2) is 73.1 Å². The van der Waals surface area contributed by atoms with Crippen LogP contribution in [-0.2, 0) is 83.2 Å². The summed E-state index contributed by atoms with van der Waals surface area (Å²) in [7, 11) is 1.09. The fourth-order valence-electron chi connectivity index (χ4n) is 10.1. The molecule has 0 spiro atoms. The molecule has 4 aliphatic carbocycles. The first-order valence-electron chi connectivity index (χ1n) is 21.6. The molecule has 0 aromatic heterocycles. The van der Waals surface area contributed by atoms with Crippen LogP contribution in [0.4, 0.5) is 21.0 Å². The number of hydrogen-bond acceptors (Lipinski definition) is 6. The molecule has 324 valence electrons. The van der Waals surface area contributed by atoms with Crippen molar-refractivity contribution in [1.82, 2.24) is 9.80 Å². The second-order valence-corrected chi connectivity index (χ2v) is 21.5. The van der Waals surface area contributed by atoms with E-state index in [4.69, 9.17) is 10.3 Å². The van der Waals surface area contributed by atoms with Crippen molar-refractivity contribution in [2.75, 3.05) is 38.8 Å². The lowest BCUT2D eigenvalue weighted by molar-refractivity contribution is 0.172. The third-order valence-corrected chi connectivity index (χ3v) is 16.7. The van der Waals surface area contributed by atoms with Gasteiger partial charge in [-0.05, 0) is 211 Å². The summed E-state index contributed by atoms with van der Waals surface area (Å²) in [5.41, 5.74) is 14.2. The number of carbonyl (C=O) groups is 2. The monoisotopic (exact) mass is 864 g/mol. The van der Waals surface area contributed by atoms with Gasteiger partial charge in [0.25, 0.3) is 0 Å². The van der Waals surface area contributed by atoms with Crippen LogP contribution in [-0.4, -0.2) is 58.5 Å². The summed E-state index contributed by atoms with van der Waals surface area (Å²) >= 11 is 0. The van der Waals surface area contributed by atoms with Gasteiger partial charge in [0.15, 0.2) is 0 Å². The zero-order valence-corrected chi connectivity index (χ0v) is 38.0. The van der Waals surface area contributed by atoms with E-state index >= 15 is 0 Å². The molecule has 0 heterocycles. The lowest BCUT2D eigenvalue weighted by Gasteiger charge is -2.39. The molecule has 4 amide bonds. The molecule has 4 aliphatic rings. The minimum absolute atomic E-state index is 0.158. The van der Waals surface area contributed by atoms with E-state index < -0.39 is 37.4 Å². The summed E-state index contributed by atoms with van der Waals surface area (Å²) in [5.74, 6) is 0. The summed E-state index contributed by atoms with van der Waals surface area (Å²) in [4.78, 5) is 31.8. The molecule has 0 aliphatic heterocycles. The molecule has 4 aromatic rings. The van der Waals surface area contributed by atoms with Gasteiger partial charge < -0.3 is 15.5 Å². The van der Waals surface area contributed by atoms with Crippen LogP contribution in [0.5, 0.6) is 0 Å². The summed E-state index contributed by atoms with van der Waals surface area (Å²) in [5, 5.41) is 18.7. The van der Waals surface area contributed by atoms with E-state index in [1.165, 1.54) is 38.9 Å². The van der Waals surface area contributed by atoms with Gasteiger partial charge in [-0.15, -0.1) is 8.73 Å². The van der Waals surface area contributed by atoms with Crippen LogP contribution in [0.1, 0.15) is 107 Å². The van der Waals surface area contributed by atoms with Gasteiger partial charge in [-0.25, -0.2) is 28.3 Å². The van der Waals surface area contributed by atoms with Crippen LogP contribution in [0, 0.1) is 0 Å². The maximum atomic E-state index is 13.9. The lowest BCUT2D eigenvalue weighted by Crippen LogP contribution is -2.41. The molecular weight excluding hydrogens is 805 g/mol. The molecule has 0 fully saturated rings. The van der Waals surface area contributed by atoms with Gasteiger partial charge in [0.05, 0.1) is 9.79 Å². The van der Waals surface area contributed by atoms with Crippen LogP contribution in [0.2, 0.25) is 0 Å². The minimum Gasteiger partial charge on any atom is -0.305 e. The van der Waals surface area contributed by atoms with Crippen LogP contribution in [0.25, 0.3) is 0 Å². The van der Waals surface area contributed by atoms with E-state index in [2.05, 4.69) is 63.2 Å². The van der Waals surface area contributed by atoms with E-state index in [1.807, 2.05) is 38.4 Å². The molecule has 0 saturated carbocycles. The number of hydrogen-bond donors (Lipinski definition) is 4. The van der Waals surface area contributed by atoms with Crippen LogP contribution >= 0.6 is 0 Å². The Morgan fingerprint density at radius 3 is 1.52 bits per heavy atom. The van der Waals surface area contributed by atoms with Gasteiger partial charge in [-0.2, -0.15) is 0 Å². The van der Waals surface area contributed by atoms with Gasteiger partial charge in [-0.3, -0.25) is 4.90 Å². The number of aryl methyl sites for hydroxylation is 2. The number of fused-ring (bicyclic) bond motifs is 4. The SMILES string of the molecule is CC(c1ccc(S(N)(=O)=NC(=O)Nc2c3c(c(CC(C)(c4ccc(S(N)(=O)=NC(=O)Nc5c6c(cc7c5CCC7)CCC6)cc4)N(C)C)c4c2CCC4)CCC3)cc1)N(C)C. The number of rotatable bonds is 10. The summed E-state index contributed by atoms with van der Waals surface area (Å²) in [6.45, 7) is 4.29. The summed E-state index contributed by atoms with van der Waals surface area (Å²) in [6.07, 6.45) is 12.0. The third kappa shape index (κ3) is 8.30. The molecule has 12 nitrogen and oxygen atoms in total. The Bertz CT molecular complexity index is 2610. The topological polar surface area (TPSA) is 176 Å². The molecule has 61 heavy (non-hydrogen) atoms. The minimum atomic E-state index is -3.54. The Morgan fingerprint density at radius 2 is 1.07 bits per heavy atom. The van der Waals surface area contributed by atoms with E-state index in [0.717, 1.165) is 111 Å². The maximum Gasteiger partial charge on any atom is 0.354 e. The zero-order chi connectivity index (χ0) is 43.4. The molecule has 6 N–H and O–H groups in total. The van der Waals surface area contributed by atoms with Gasteiger partial charge in [0.1, 0.15) is 19.8 Å². The summed E-state index contributed by atoms with van der Waals surface area (Å²) < 4.78 is 35.6. The molecule has 0 radical (unpaired) electrons. The summed E-state index contributed by atoms with van der Waals surface area (Å²) in [6, 6.07) is 15.6. The molecule has 4 atom stereocenters. The standard InChI is InChI=1S/C47H60N8O4S2/c1-29(54(3)4)30-19-23-34(24-20-30)60(48,58)53-46(57)51-44-40-17-9-15-38(40)42(39-16-10-18-41(39)44)28-47(2,55(5)6)33-21-25-35(26-22-33)61(49,59)52-45(56)50-43-36-13-7-11-31(36)27-32-12-8-14-37(32)43/h19-27,29H,7-18,28H2,1-6H3,(H3,48,51,53,57,58)(H3,49,50,52,56,59). The molecule has 4 aromatic carbocycles. The first-order valence-corrected chi connectivity index (χ1v) is 24.7. The number of nitrogens with two attached hydrogens (primary N) is 2. The van der Waals surface area contributed by atoms with Gasteiger partial charge in [0, 0.05) is 23.0 Å². The van der Waals surface area contributed by atoms with Crippen molar-refractivity contribution in [3.05, 3.63) is 116 Å².